The highest BCUT2D eigenvalue weighted by molar-refractivity contribution is 5.69. The van der Waals surface area contributed by atoms with Gasteiger partial charge in [-0.3, -0.25) is 0 Å². The molecule has 2 aromatic heterocycles. The van der Waals surface area contributed by atoms with E-state index in [9.17, 15) is 0 Å². The topological polar surface area (TPSA) is 33.4 Å². The molecule has 0 radical (unpaired) electrons. The van der Waals surface area contributed by atoms with Gasteiger partial charge in [0, 0.05) is 25.5 Å². The molecule has 0 aliphatic carbocycles. The summed E-state index contributed by atoms with van der Waals surface area (Å²) in [5, 5.41) is 4.43. The third-order valence-corrected chi connectivity index (χ3v) is 3.47. The van der Waals surface area contributed by atoms with E-state index in [1.54, 1.807) is 0 Å². The summed E-state index contributed by atoms with van der Waals surface area (Å²) in [6, 6.07) is 2.10. The lowest BCUT2D eigenvalue weighted by atomic mass is 9.93. The molecule has 2 aromatic rings. The Bertz CT molecular complexity index is 556. The number of hydrogen-bond donors (Lipinski definition) is 0. The van der Waals surface area contributed by atoms with Crippen molar-refractivity contribution < 1.29 is 0 Å². The van der Waals surface area contributed by atoms with Crippen LogP contribution in [0.3, 0.4) is 0 Å². The van der Waals surface area contributed by atoms with Gasteiger partial charge in [-0.05, 0) is 24.8 Å². The Labute approximate surface area is 101 Å². The van der Waals surface area contributed by atoms with Crippen LogP contribution in [0.5, 0.6) is 0 Å². The molecule has 0 bridgehead atoms. The van der Waals surface area contributed by atoms with Gasteiger partial charge in [0.25, 0.3) is 0 Å². The highest BCUT2D eigenvalue weighted by Gasteiger charge is 2.30. The number of nitrogens with zero attached hydrogens (tertiary/aromatic N) is 4. The Kier molecular flexibility index (Phi) is 2.15. The molecular weight excluding hydrogens is 212 g/mol. The van der Waals surface area contributed by atoms with Crippen LogP contribution in [0.15, 0.2) is 18.5 Å². The second-order valence-corrected chi connectivity index (χ2v) is 5.70. The highest BCUT2D eigenvalue weighted by Crippen LogP contribution is 2.33. The molecule has 3 rings (SSSR count). The zero-order valence-electron chi connectivity index (χ0n) is 10.6. The minimum absolute atomic E-state index is 0.392. The van der Waals surface area contributed by atoms with Gasteiger partial charge >= 0.3 is 0 Å². The fourth-order valence-electron chi connectivity index (χ4n) is 2.57. The van der Waals surface area contributed by atoms with E-state index >= 15 is 0 Å². The molecule has 0 N–H and O–H groups in total. The first kappa shape index (κ1) is 10.6. The molecule has 3 heterocycles. The van der Waals surface area contributed by atoms with Crippen molar-refractivity contribution in [3.63, 3.8) is 0 Å². The monoisotopic (exact) mass is 230 g/mol. The lowest BCUT2D eigenvalue weighted by molar-refractivity contribution is 0.418. The van der Waals surface area contributed by atoms with Gasteiger partial charge in [-0.15, -0.1) is 0 Å². The molecule has 4 heteroatoms. The smallest absolute Gasteiger partial charge is 0.154 e. The molecule has 1 fully saturated rings. The fraction of sp³-hybridized carbons (Fsp3) is 0.538. The van der Waals surface area contributed by atoms with Crippen molar-refractivity contribution in [3.8, 4) is 0 Å². The number of anilines is 1. The van der Waals surface area contributed by atoms with Crippen molar-refractivity contribution in [1.82, 2.24) is 14.6 Å². The van der Waals surface area contributed by atoms with E-state index in [4.69, 9.17) is 0 Å². The van der Waals surface area contributed by atoms with Crippen LogP contribution in [0.1, 0.15) is 26.0 Å². The van der Waals surface area contributed by atoms with Gasteiger partial charge in [-0.2, -0.15) is 5.10 Å². The largest absolute Gasteiger partial charge is 0.354 e. The van der Waals surface area contributed by atoms with Crippen LogP contribution in [-0.2, 0) is 0 Å². The van der Waals surface area contributed by atoms with Crippen LogP contribution in [-0.4, -0.2) is 27.7 Å². The quantitative estimate of drug-likeness (QED) is 0.753. The third kappa shape index (κ3) is 1.77. The molecule has 90 valence electrons. The van der Waals surface area contributed by atoms with E-state index in [0.29, 0.717) is 5.41 Å². The van der Waals surface area contributed by atoms with Gasteiger partial charge in [0.2, 0.25) is 0 Å². The molecule has 0 saturated carbocycles. The summed E-state index contributed by atoms with van der Waals surface area (Å²) in [6.07, 6.45) is 4.97. The first-order valence-corrected chi connectivity index (χ1v) is 6.11. The molecule has 0 amide bonds. The summed E-state index contributed by atoms with van der Waals surface area (Å²) >= 11 is 0. The number of fused-ring (bicyclic) bond motifs is 1. The van der Waals surface area contributed by atoms with Gasteiger partial charge in [0.15, 0.2) is 5.82 Å². The van der Waals surface area contributed by atoms with Crippen LogP contribution in [0.25, 0.3) is 5.52 Å². The fourth-order valence-corrected chi connectivity index (χ4v) is 2.57. The van der Waals surface area contributed by atoms with Gasteiger partial charge in [-0.1, -0.05) is 13.8 Å². The predicted molar refractivity (Wildman–Crippen MR) is 68.3 cm³/mol. The lowest BCUT2D eigenvalue weighted by Crippen LogP contribution is -2.24. The van der Waals surface area contributed by atoms with Crippen molar-refractivity contribution in [3.05, 3.63) is 24.2 Å². The number of rotatable bonds is 1. The molecule has 0 unspecified atom stereocenters. The molecule has 1 aliphatic rings. The Morgan fingerprint density at radius 3 is 2.88 bits per heavy atom. The molecule has 0 aromatic carbocycles. The Morgan fingerprint density at radius 2 is 2.18 bits per heavy atom. The van der Waals surface area contributed by atoms with Gasteiger partial charge in [-0.25, -0.2) is 9.50 Å². The summed E-state index contributed by atoms with van der Waals surface area (Å²) in [5.74, 6) is 1.07. The Balaban J connectivity index is 2.06. The summed E-state index contributed by atoms with van der Waals surface area (Å²) in [7, 11) is 0. The maximum Gasteiger partial charge on any atom is 0.154 e. The Hall–Kier alpha value is -1.58. The normalized spacial score (nSPS) is 19.1. The van der Waals surface area contributed by atoms with E-state index in [1.165, 1.54) is 6.42 Å². The van der Waals surface area contributed by atoms with Crippen molar-refractivity contribution in [1.29, 1.82) is 0 Å². The second-order valence-electron chi connectivity index (χ2n) is 5.70. The summed E-state index contributed by atoms with van der Waals surface area (Å²) < 4.78 is 1.92. The molecule has 17 heavy (non-hydrogen) atoms. The average Bonchev–Trinajstić information content (AvgIpc) is 2.79. The summed E-state index contributed by atoms with van der Waals surface area (Å²) in [4.78, 5) is 6.90. The maximum absolute atomic E-state index is 4.53. The highest BCUT2D eigenvalue weighted by atomic mass is 15.3. The van der Waals surface area contributed by atoms with E-state index in [1.807, 2.05) is 23.8 Å². The molecule has 1 aliphatic heterocycles. The number of hydrogen-bond acceptors (Lipinski definition) is 3. The van der Waals surface area contributed by atoms with Gasteiger partial charge in [0.05, 0.1) is 5.69 Å². The molecule has 1 saturated heterocycles. The average molecular weight is 230 g/mol. The third-order valence-electron chi connectivity index (χ3n) is 3.47. The number of aryl methyl sites for hydroxylation is 1. The zero-order chi connectivity index (χ0) is 12.0. The minimum atomic E-state index is 0.392. The first-order chi connectivity index (χ1) is 8.05. The van der Waals surface area contributed by atoms with Gasteiger partial charge in [0.1, 0.15) is 5.52 Å². The van der Waals surface area contributed by atoms with E-state index < -0.39 is 0 Å². The molecule has 0 atom stereocenters. The standard InChI is InChI=1S/C13H18N4/c1-10-8-11-12(14-5-7-17(11)15-10)16-6-4-13(2,3)9-16/h5,7-8H,4,6,9H2,1-3H3. The summed E-state index contributed by atoms with van der Waals surface area (Å²) in [5.41, 5.74) is 2.55. The van der Waals surface area contributed by atoms with Crippen molar-refractivity contribution in [2.45, 2.75) is 27.2 Å². The SMILES string of the molecule is Cc1cc2c(N3CCC(C)(C)C3)nccn2n1. The van der Waals surface area contributed by atoms with E-state index in [2.05, 4.69) is 34.9 Å². The minimum Gasteiger partial charge on any atom is -0.354 e. The van der Waals surface area contributed by atoms with Crippen molar-refractivity contribution in [2.24, 2.45) is 5.41 Å². The molecule has 4 nitrogen and oxygen atoms in total. The zero-order valence-corrected chi connectivity index (χ0v) is 10.6. The predicted octanol–water partition coefficient (Wildman–Crippen LogP) is 2.27. The second kappa shape index (κ2) is 3.45. The van der Waals surface area contributed by atoms with E-state index in [0.717, 1.165) is 30.1 Å². The van der Waals surface area contributed by atoms with Crippen LogP contribution in [0, 0.1) is 12.3 Å². The van der Waals surface area contributed by atoms with Crippen molar-refractivity contribution >= 4 is 11.3 Å². The van der Waals surface area contributed by atoms with Crippen LogP contribution < -0.4 is 4.90 Å². The first-order valence-electron chi connectivity index (χ1n) is 6.11. The van der Waals surface area contributed by atoms with Gasteiger partial charge < -0.3 is 4.90 Å². The van der Waals surface area contributed by atoms with Crippen LogP contribution in [0.2, 0.25) is 0 Å². The molecule has 0 spiro atoms. The van der Waals surface area contributed by atoms with Crippen LogP contribution in [0.4, 0.5) is 5.82 Å². The Morgan fingerprint density at radius 1 is 1.35 bits per heavy atom. The van der Waals surface area contributed by atoms with E-state index in [-0.39, 0.29) is 0 Å². The number of aromatic nitrogens is 3. The lowest BCUT2D eigenvalue weighted by Gasteiger charge is -2.21. The maximum atomic E-state index is 4.53. The van der Waals surface area contributed by atoms with Crippen LogP contribution >= 0.6 is 0 Å². The summed E-state index contributed by atoms with van der Waals surface area (Å²) in [6.45, 7) is 8.81. The van der Waals surface area contributed by atoms with Crippen molar-refractivity contribution in [2.75, 3.05) is 18.0 Å². The molecular formula is C13H18N4.